The zero-order chi connectivity index (χ0) is 22.1. The smallest absolute Gasteiger partial charge is 0.163 e. The quantitative estimate of drug-likeness (QED) is 0.339. The van der Waals surface area contributed by atoms with E-state index in [1.165, 1.54) is 0 Å². The molecule has 4 aromatic heterocycles. The molecule has 4 aromatic rings. The van der Waals surface area contributed by atoms with E-state index in [4.69, 9.17) is 4.98 Å². The number of anilines is 2. The molecule has 168 valence electrons. The molecule has 1 fully saturated rings. The lowest BCUT2D eigenvalue weighted by atomic mass is 9.95. The average Bonchev–Trinajstić information content (AvgIpc) is 3.41. The molecule has 0 spiro atoms. The molecule has 10 heteroatoms. The highest BCUT2D eigenvalue weighted by Gasteiger charge is 2.23. The number of fused-ring (bicyclic) bond motifs is 2. The van der Waals surface area contributed by atoms with Crippen molar-refractivity contribution >= 4 is 38.8 Å². The van der Waals surface area contributed by atoms with Gasteiger partial charge in [-0.2, -0.15) is 9.61 Å². The number of nitrogens with zero attached hydrogens (tertiary/aromatic N) is 5. The molecule has 1 aliphatic heterocycles. The van der Waals surface area contributed by atoms with E-state index in [1.54, 1.807) is 23.7 Å². The fraction of sp³-hybridized carbons (Fsp3) is 0.455. The molecule has 2 atom stereocenters. The molecule has 9 nitrogen and oxygen atoms in total. The Bertz CT molecular complexity index is 1190. The van der Waals surface area contributed by atoms with Crippen molar-refractivity contribution in [3.8, 4) is 0 Å². The number of hydrogen-bond donors (Lipinski definition) is 4. The summed E-state index contributed by atoms with van der Waals surface area (Å²) >= 11 is 1.66. The van der Waals surface area contributed by atoms with Gasteiger partial charge in [0.1, 0.15) is 16.6 Å². The number of rotatable bonds is 7. The number of thiazole rings is 1. The van der Waals surface area contributed by atoms with Gasteiger partial charge in [0.2, 0.25) is 0 Å². The normalized spacial score (nSPS) is 19.1. The SMILES string of the molecule is CC(C)c1cnn2c(NCc3nc4cnccc4s3)cc(NC[C@H]3CCNC[C@@H]3O)nc12. The number of pyridine rings is 1. The number of aliphatic hydroxyl groups excluding tert-OH is 1. The molecule has 5 heterocycles. The van der Waals surface area contributed by atoms with E-state index in [0.29, 0.717) is 25.6 Å². The number of aromatic nitrogens is 5. The Morgan fingerprint density at radius 3 is 3.00 bits per heavy atom. The first-order chi connectivity index (χ1) is 15.6. The Morgan fingerprint density at radius 1 is 1.28 bits per heavy atom. The second-order valence-corrected chi connectivity index (χ2v) is 9.64. The van der Waals surface area contributed by atoms with Crippen LogP contribution < -0.4 is 16.0 Å². The van der Waals surface area contributed by atoms with Crippen molar-refractivity contribution in [2.24, 2.45) is 5.92 Å². The zero-order valence-electron chi connectivity index (χ0n) is 18.2. The van der Waals surface area contributed by atoms with Crippen LogP contribution in [0.1, 0.15) is 36.8 Å². The summed E-state index contributed by atoms with van der Waals surface area (Å²) in [5.41, 5.74) is 2.86. The second-order valence-electron chi connectivity index (χ2n) is 8.52. The van der Waals surface area contributed by atoms with Crippen LogP contribution in [0.4, 0.5) is 11.6 Å². The number of piperidine rings is 1. The van der Waals surface area contributed by atoms with E-state index in [-0.39, 0.29) is 12.0 Å². The Balaban J connectivity index is 1.40. The molecular formula is C22H28N8OS. The first kappa shape index (κ1) is 21.0. The molecule has 0 radical (unpaired) electrons. The van der Waals surface area contributed by atoms with Crippen LogP contribution in [0.3, 0.4) is 0 Å². The lowest BCUT2D eigenvalue weighted by Crippen LogP contribution is -2.43. The summed E-state index contributed by atoms with van der Waals surface area (Å²) in [6.07, 6.45) is 6.07. The van der Waals surface area contributed by atoms with Gasteiger partial charge in [-0.3, -0.25) is 4.98 Å². The van der Waals surface area contributed by atoms with Crippen molar-refractivity contribution in [1.29, 1.82) is 0 Å². The van der Waals surface area contributed by atoms with Gasteiger partial charge < -0.3 is 21.1 Å². The third-order valence-corrected chi connectivity index (χ3v) is 6.95. The maximum absolute atomic E-state index is 10.3. The Kier molecular flexibility index (Phi) is 5.90. The lowest BCUT2D eigenvalue weighted by Gasteiger charge is -2.28. The summed E-state index contributed by atoms with van der Waals surface area (Å²) in [7, 11) is 0. The van der Waals surface area contributed by atoms with Gasteiger partial charge in [-0.25, -0.2) is 9.97 Å². The molecule has 0 aliphatic carbocycles. The maximum Gasteiger partial charge on any atom is 0.163 e. The van der Waals surface area contributed by atoms with Gasteiger partial charge in [0.05, 0.1) is 35.3 Å². The number of hydrogen-bond acceptors (Lipinski definition) is 9. The Morgan fingerprint density at radius 2 is 2.19 bits per heavy atom. The molecule has 0 unspecified atom stereocenters. The van der Waals surface area contributed by atoms with Crippen LogP contribution in [0.15, 0.2) is 30.7 Å². The van der Waals surface area contributed by atoms with Crippen molar-refractivity contribution in [1.82, 2.24) is 29.9 Å². The van der Waals surface area contributed by atoms with E-state index in [1.807, 2.05) is 22.8 Å². The van der Waals surface area contributed by atoms with E-state index in [0.717, 1.165) is 51.0 Å². The summed E-state index contributed by atoms with van der Waals surface area (Å²) in [6, 6.07) is 3.97. The van der Waals surface area contributed by atoms with Crippen LogP contribution in [0, 0.1) is 5.92 Å². The standard InChI is InChI=1S/C22H28N8OS/c1-13(2)15-9-27-30-20(26-12-21-28-16-10-23-6-4-18(16)32-21)7-19(29-22(15)30)25-8-14-3-5-24-11-17(14)31/h4,6-7,9-10,13-14,17,24,26,31H,3,5,8,11-12H2,1-2H3,(H,25,29)/t14-,17+/m1/s1. The van der Waals surface area contributed by atoms with Crippen LogP contribution in [0.5, 0.6) is 0 Å². The largest absolute Gasteiger partial charge is 0.391 e. The Hall–Kier alpha value is -2.82. The number of nitrogens with one attached hydrogen (secondary N) is 3. The maximum atomic E-state index is 10.3. The summed E-state index contributed by atoms with van der Waals surface area (Å²) < 4.78 is 2.98. The third kappa shape index (κ3) is 4.25. The van der Waals surface area contributed by atoms with Crippen LogP contribution in [-0.2, 0) is 6.54 Å². The van der Waals surface area contributed by atoms with Gasteiger partial charge >= 0.3 is 0 Å². The fourth-order valence-electron chi connectivity index (χ4n) is 4.04. The highest BCUT2D eigenvalue weighted by atomic mass is 32.1. The van der Waals surface area contributed by atoms with E-state index in [9.17, 15) is 5.11 Å². The van der Waals surface area contributed by atoms with Crippen molar-refractivity contribution < 1.29 is 5.11 Å². The highest BCUT2D eigenvalue weighted by Crippen LogP contribution is 2.26. The minimum atomic E-state index is -0.340. The van der Waals surface area contributed by atoms with Gasteiger partial charge in [-0.05, 0) is 24.9 Å². The monoisotopic (exact) mass is 452 g/mol. The van der Waals surface area contributed by atoms with Crippen LogP contribution in [-0.4, -0.2) is 55.4 Å². The molecule has 0 aromatic carbocycles. The first-order valence-electron chi connectivity index (χ1n) is 11.0. The van der Waals surface area contributed by atoms with E-state index >= 15 is 0 Å². The number of aliphatic hydroxyl groups is 1. The molecule has 5 rings (SSSR count). The van der Waals surface area contributed by atoms with Gasteiger partial charge in [0.15, 0.2) is 5.65 Å². The fourth-order valence-corrected chi connectivity index (χ4v) is 4.92. The van der Waals surface area contributed by atoms with Crippen molar-refractivity contribution in [3.63, 3.8) is 0 Å². The molecule has 0 saturated carbocycles. The van der Waals surface area contributed by atoms with Gasteiger partial charge in [-0.15, -0.1) is 11.3 Å². The van der Waals surface area contributed by atoms with E-state index in [2.05, 4.69) is 44.9 Å². The minimum Gasteiger partial charge on any atom is -0.391 e. The predicted molar refractivity (Wildman–Crippen MR) is 127 cm³/mol. The van der Waals surface area contributed by atoms with Gasteiger partial charge in [-0.1, -0.05) is 13.8 Å². The second kappa shape index (κ2) is 8.97. The predicted octanol–water partition coefficient (Wildman–Crippen LogP) is 2.85. The minimum absolute atomic E-state index is 0.205. The lowest BCUT2D eigenvalue weighted by molar-refractivity contribution is 0.0883. The Labute approximate surface area is 190 Å². The van der Waals surface area contributed by atoms with Crippen molar-refractivity contribution in [2.75, 3.05) is 30.3 Å². The zero-order valence-corrected chi connectivity index (χ0v) is 19.1. The van der Waals surface area contributed by atoms with Crippen molar-refractivity contribution in [2.45, 2.75) is 38.8 Å². The van der Waals surface area contributed by atoms with E-state index < -0.39 is 0 Å². The summed E-state index contributed by atoms with van der Waals surface area (Å²) in [5, 5.41) is 26.0. The van der Waals surface area contributed by atoms with Crippen molar-refractivity contribution in [3.05, 3.63) is 41.3 Å². The molecule has 0 bridgehead atoms. The summed E-state index contributed by atoms with van der Waals surface area (Å²) in [6.45, 7) is 7.13. The summed E-state index contributed by atoms with van der Waals surface area (Å²) in [5.74, 6) is 2.15. The molecule has 32 heavy (non-hydrogen) atoms. The first-order valence-corrected chi connectivity index (χ1v) is 11.8. The summed E-state index contributed by atoms with van der Waals surface area (Å²) in [4.78, 5) is 13.7. The number of β-amino-alcohol motifs (C(OH)–C–C–N with tert-alkyl or cyclic N) is 1. The van der Waals surface area contributed by atoms with Crippen LogP contribution >= 0.6 is 11.3 Å². The van der Waals surface area contributed by atoms with Crippen LogP contribution in [0.25, 0.3) is 15.9 Å². The molecule has 1 aliphatic rings. The molecule has 1 saturated heterocycles. The molecular weight excluding hydrogens is 424 g/mol. The van der Waals surface area contributed by atoms with Crippen LogP contribution in [0.2, 0.25) is 0 Å². The van der Waals surface area contributed by atoms with Gasteiger partial charge in [0.25, 0.3) is 0 Å². The van der Waals surface area contributed by atoms with Gasteiger partial charge in [0, 0.05) is 36.8 Å². The highest BCUT2D eigenvalue weighted by molar-refractivity contribution is 7.18. The third-order valence-electron chi connectivity index (χ3n) is 5.91. The topological polar surface area (TPSA) is 112 Å². The molecule has 4 N–H and O–H groups in total. The average molecular weight is 453 g/mol. The molecule has 0 amide bonds.